The summed E-state index contributed by atoms with van der Waals surface area (Å²) in [5.41, 5.74) is 1.74. The number of rotatable bonds is 6. The number of aromatic nitrogens is 2. The molecule has 2 aliphatic rings. The van der Waals surface area contributed by atoms with Gasteiger partial charge in [-0.3, -0.25) is 9.59 Å². The molecule has 0 bridgehead atoms. The van der Waals surface area contributed by atoms with Gasteiger partial charge in [0.25, 0.3) is 17.7 Å². The number of anilines is 1. The summed E-state index contributed by atoms with van der Waals surface area (Å²) in [5.74, 6) is -3.69. The quantitative estimate of drug-likeness (QED) is 0.500. The number of alkyl halides is 2. The van der Waals surface area contributed by atoms with Crippen molar-refractivity contribution in [3.63, 3.8) is 0 Å². The number of likely N-dealkylation sites (tertiary alicyclic amines) is 1. The maximum absolute atomic E-state index is 13.5. The van der Waals surface area contributed by atoms with Crippen LogP contribution in [0.5, 0.6) is 11.5 Å². The Labute approximate surface area is 227 Å². The fourth-order valence-electron chi connectivity index (χ4n) is 4.52. The normalized spacial score (nSPS) is 18.1. The van der Waals surface area contributed by atoms with Crippen molar-refractivity contribution < 1.29 is 37.0 Å². The largest absolute Gasteiger partial charge is 0.489 e. The number of benzene rings is 2. The van der Waals surface area contributed by atoms with Crippen LogP contribution in [0.2, 0.25) is 0 Å². The first-order chi connectivity index (χ1) is 19.1. The summed E-state index contributed by atoms with van der Waals surface area (Å²) in [6.07, 6.45) is 2.97. The summed E-state index contributed by atoms with van der Waals surface area (Å²) < 4.78 is 52.6. The topological polar surface area (TPSA) is 106 Å². The minimum Gasteiger partial charge on any atom is -0.489 e. The van der Waals surface area contributed by atoms with Gasteiger partial charge in [0, 0.05) is 38.7 Å². The van der Waals surface area contributed by atoms with Crippen molar-refractivity contribution in [3.8, 4) is 11.5 Å². The van der Waals surface area contributed by atoms with Crippen molar-refractivity contribution in [1.29, 1.82) is 0 Å². The van der Waals surface area contributed by atoms with Crippen LogP contribution in [0, 0.1) is 5.82 Å². The summed E-state index contributed by atoms with van der Waals surface area (Å²) in [4.78, 5) is 40.6. The molecule has 1 aromatic heterocycles. The number of nitrogens with zero attached hydrogens (tertiary/aromatic N) is 4. The van der Waals surface area contributed by atoms with Gasteiger partial charge in [0.1, 0.15) is 30.0 Å². The molecule has 5 rings (SSSR count). The van der Waals surface area contributed by atoms with Crippen LogP contribution in [0.3, 0.4) is 0 Å². The summed E-state index contributed by atoms with van der Waals surface area (Å²) in [7, 11) is 1.50. The van der Waals surface area contributed by atoms with E-state index in [4.69, 9.17) is 9.47 Å². The van der Waals surface area contributed by atoms with E-state index < -0.39 is 43.0 Å². The van der Waals surface area contributed by atoms with Crippen molar-refractivity contribution in [2.24, 2.45) is 0 Å². The zero-order chi connectivity index (χ0) is 28.4. The summed E-state index contributed by atoms with van der Waals surface area (Å²) in [6.45, 7) is -1.26. The molecule has 2 aromatic carbocycles. The highest BCUT2D eigenvalue weighted by atomic mass is 19.3. The molecule has 0 radical (unpaired) electrons. The van der Waals surface area contributed by atoms with Crippen molar-refractivity contribution in [2.75, 3.05) is 38.3 Å². The van der Waals surface area contributed by atoms with Gasteiger partial charge in [-0.15, -0.1) is 0 Å². The van der Waals surface area contributed by atoms with E-state index in [-0.39, 0.29) is 31.1 Å². The Kier molecular flexibility index (Phi) is 7.37. The van der Waals surface area contributed by atoms with E-state index in [1.54, 1.807) is 18.2 Å². The molecule has 1 saturated heterocycles. The first-order valence-electron chi connectivity index (χ1n) is 12.5. The number of carbonyl (C=O) groups is 3. The molecule has 0 saturated carbocycles. The van der Waals surface area contributed by atoms with Crippen LogP contribution < -0.4 is 19.7 Å². The Balaban J connectivity index is 1.20. The summed E-state index contributed by atoms with van der Waals surface area (Å²) in [6, 6.07) is 9.00. The number of ether oxygens (including phenoxy) is 2. The van der Waals surface area contributed by atoms with Crippen LogP contribution in [0.15, 0.2) is 54.9 Å². The van der Waals surface area contributed by atoms with Gasteiger partial charge in [-0.2, -0.15) is 9.78 Å². The minimum absolute atomic E-state index is 0.0373. The lowest BCUT2D eigenvalue weighted by Gasteiger charge is -2.21. The van der Waals surface area contributed by atoms with Gasteiger partial charge in [-0.05, 0) is 35.4 Å². The molecular formula is C27H26F3N5O5. The molecule has 1 atom stereocenters. The number of halogens is 3. The molecule has 1 fully saturated rings. The molecule has 210 valence electrons. The molecule has 0 aliphatic carbocycles. The molecule has 3 heterocycles. The predicted molar refractivity (Wildman–Crippen MR) is 136 cm³/mol. The van der Waals surface area contributed by atoms with E-state index in [9.17, 15) is 27.6 Å². The third kappa shape index (κ3) is 6.03. The maximum atomic E-state index is 13.5. The number of hydrogen-bond donors (Lipinski definition) is 1. The second kappa shape index (κ2) is 10.9. The number of fused-ring (bicyclic) bond motifs is 1. The molecule has 0 spiro atoms. The average molecular weight is 558 g/mol. The number of amides is 3. The zero-order valence-corrected chi connectivity index (χ0v) is 21.5. The third-order valence-corrected chi connectivity index (χ3v) is 6.65. The Hall–Kier alpha value is -4.55. The molecular weight excluding hydrogens is 531 g/mol. The molecule has 0 unspecified atom stereocenters. The van der Waals surface area contributed by atoms with Crippen LogP contribution in [0.1, 0.15) is 17.5 Å². The number of hydrogen-bond acceptors (Lipinski definition) is 6. The highest BCUT2D eigenvalue weighted by Crippen LogP contribution is 2.34. The first kappa shape index (κ1) is 27.0. The van der Waals surface area contributed by atoms with Crippen LogP contribution in [0.4, 0.5) is 23.7 Å². The fourth-order valence-corrected chi connectivity index (χ4v) is 4.52. The van der Waals surface area contributed by atoms with Gasteiger partial charge in [0.15, 0.2) is 6.61 Å². The lowest BCUT2D eigenvalue weighted by atomic mass is 10.1. The molecule has 1 N–H and O–H groups in total. The Morgan fingerprint density at radius 2 is 2.02 bits per heavy atom. The van der Waals surface area contributed by atoms with Crippen LogP contribution in [0.25, 0.3) is 0 Å². The number of nitrogens with one attached hydrogen (secondary N) is 1. The second-order valence-electron chi connectivity index (χ2n) is 9.65. The average Bonchev–Trinajstić information content (AvgIpc) is 3.52. The summed E-state index contributed by atoms with van der Waals surface area (Å²) in [5, 5.41) is 6.66. The molecule has 10 nitrogen and oxygen atoms in total. The molecule has 3 aromatic rings. The lowest BCUT2D eigenvalue weighted by molar-refractivity contribution is -0.133. The first-order valence-corrected chi connectivity index (χ1v) is 12.5. The van der Waals surface area contributed by atoms with Gasteiger partial charge in [-0.1, -0.05) is 12.1 Å². The Morgan fingerprint density at radius 3 is 2.77 bits per heavy atom. The number of carbonyl (C=O) groups excluding carboxylic acids is 3. The van der Waals surface area contributed by atoms with E-state index in [1.807, 2.05) is 0 Å². The Morgan fingerprint density at radius 1 is 1.20 bits per heavy atom. The summed E-state index contributed by atoms with van der Waals surface area (Å²) >= 11 is 0. The third-order valence-electron chi connectivity index (χ3n) is 6.65. The fraction of sp³-hybridized carbons (Fsp3) is 0.333. The van der Waals surface area contributed by atoms with E-state index in [0.717, 1.165) is 15.1 Å². The standard InChI is InChI=1S/C27H26F3N5O5/c1-33-22-11-20(39-15-24(36)34-8-7-27(29,30)16-34)5-6-23(22)40-14-21(25(33)37)32-26(38)35-13-18(12-31-35)9-17-3-2-4-19(28)10-17/h2-6,10-13,21H,7-9,14-16H2,1H3,(H,32,38)/t21-/m0/s1. The van der Waals surface area contributed by atoms with E-state index >= 15 is 0 Å². The predicted octanol–water partition coefficient (Wildman–Crippen LogP) is 2.84. The Bertz CT molecular complexity index is 1450. The van der Waals surface area contributed by atoms with Gasteiger partial charge in [0.2, 0.25) is 0 Å². The highest BCUT2D eigenvalue weighted by Gasteiger charge is 2.40. The lowest BCUT2D eigenvalue weighted by Crippen LogP contribution is -2.50. The number of likely N-dealkylation sites (N-methyl/N-ethyl adjacent to an activating group) is 1. The van der Waals surface area contributed by atoms with Crippen molar-refractivity contribution >= 4 is 23.5 Å². The van der Waals surface area contributed by atoms with Crippen LogP contribution in [-0.4, -0.2) is 77.8 Å². The van der Waals surface area contributed by atoms with Crippen molar-refractivity contribution in [2.45, 2.75) is 24.8 Å². The second-order valence-corrected chi connectivity index (χ2v) is 9.65. The van der Waals surface area contributed by atoms with E-state index in [1.165, 1.54) is 48.6 Å². The van der Waals surface area contributed by atoms with Crippen LogP contribution in [-0.2, 0) is 16.0 Å². The van der Waals surface area contributed by atoms with Gasteiger partial charge in [-0.25, -0.2) is 18.0 Å². The van der Waals surface area contributed by atoms with Gasteiger partial charge >= 0.3 is 6.03 Å². The van der Waals surface area contributed by atoms with Crippen molar-refractivity contribution in [3.05, 3.63) is 71.8 Å². The zero-order valence-electron chi connectivity index (χ0n) is 21.5. The van der Waals surface area contributed by atoms with Crippen molar-refractivity contribution in [1.82, 2.24) is 20.0 Å². The maximum Gasteiger partial charge on any atom is 0.342 e. The van der Waals surface area contributed by atoms with Gasteiger partial charge in [0.05, 0.1) is 18.4 Å². The van der Waals surface area contributed by atoms with E-state index in [0.29, 0.717) is 23.4 Å². The monoisotopic (exact) mass is 557 g/mol. The minimum atomic E-state index is -2.89. The molecule has 2 aliphatic heterocycles. The van der Waals surface area contributed by atoms with Gasteiger partial charge < -0.3 is 24.6 Å². The SMILES string of the molecule is CN1C(=O)[C@@H](NC(=O)n2cc(Cc3cccc(F)c3)cn2)COc2ccc(OCC(=O)N3CCC(F)(F)C3)cc21. The van der Waals surface area contributed by atoms with Crippen LogP contribution >= 0.6 is 0 Å². The van der Waals surface area contributed by atoms with E-state index in [2.05, 4.69) is 10.4 Å². The molecule has 13 heteroatoms. The smallest absolute Gasteiger partial charge is 0.342 e. The molecule has 3 amide bonds. The highest BCUT2D eigenvalue weighted by molar-refractivity contribution is 6.00. The molecule has 40 heavy (non-hydrogen) atoms.